The van der Waals surface area contributed by atoms with E-state index in [0.29, 0.717) is 12.3 Å². The quantitative estimate of drug-likeness (QED) is 0.632. The predicted octanol–water partition coefficient (Wildman–Crippen LogP) is 3.11. The molecule has 0 fully saturated rings. The third-order valence-electron chi connectivity index (χ3n) is 1.09. The maximum Gasteiger partial charge on any atom is 0.0649 e. The van der Waals surface area contributed by atoms with Gasteiger partial charge >= 0.3 is 0 Å². The van der Waals surface area contributed by atoms with Gasteiger partial charge in [-0.25, -0.2) is 0 Å². The van der Waals surface area contributed by atoms with Crippen LogP contribution in [0.3, 0.4) is 0 Å². The molecular formula is C10H18N2. The van der Waals surface area contributed by atoms with Crippen molar-refractivity contribution in [3.63, 3.8) is 0 Å². The molecule has 0 rings (SSSR count). The summed E-state index contributed by atoms with van der Waals surface area (Å²) in [4.78, 5) is 0. The first kappa shape index (κ1) is 13.6. The van der Waals surface area contributed by atoms with Gasteiger partial charge in [-0.1, -0.05) is 13.8 Å². The molecule has 0 aliphatic carbocycles. The van der Waals surface area contributed by atoms with E-state index in [2.05, 4.69) is 19.9 Å². The highest BCUT2D eigenvalue weighted by atomic mass is 14.2. The summed E-state index contributed by atoms with van der Waals surface area (Å²) in [5.41, 5.74) is 0. The van der Waals surface area contributed by atoms with Gasteiger partial charge in [-0.3, -0.25) is 0 Å². The van der Waals surface area contributed by atoms with Crippen LogP contribution in [0.15, 0.2) is 0 Å². The highest BCUT2D eigenvalue weighted by Crippen LogP contribution is 2.00. The third kappa shape index (κ3) is 23.1. The minimum absolute atomic E-state index is 0.190. The number of rotatable bonds is 2. The highest BCUT2D eigenvalue weighted by Gasteiger charge is 1.88. The van der Waals surface area contributed by atoms with Gasteiger partial charge in [0.1, 0.15) is 0 Å². The highest BCUT2D eigenvalue weighted by molar-refractivity contribution is 4.72. The van der Waals surface area contributed by atoms with Crippen LogP contribution >= 0.6 is 0 Å². The van der Waals surface area contributed by atoms with Crippen molar-refractivity contribution >= 4 is 0 Å². The molecule has 0 heterocycles. The Balaban J connectivity index is 0. The van der Waals surface area contributed by atoms with Crippen LogP contribution in [0.4, 0.5) is 0 Å². The number of nitrogens with zero attached hydrogens (tertiary/aromatic N) is 2. The zero-order valence-electron chi connectivity index (χ0n) is 8.46. The van der Waals surface area contributed by atoms with Crippen molar-refractivity contribution in [1.82, 2.24) is 0 Å². The molecule has 0 saturated heterocycles. The van der Waals surface area contributed by atoms with Crippen molar-refractivity contribution in [3.8, 4) is 12.1 Å². The number of nitriles is 2. The molecule has 0 aliphatic rings. The summed E-state index contributed by atoms with van der Waals surface area (Å²) in [5.74, 6) is 0.870. The molecule has 0 atom stereocenters. The Bertz CT molecular complexity index is 158. The molecule has 2 heteroatoms. The minimum atomic E-state index is 0.190. The van der Waals surface area contributed by atoms with Crippen LogP contribution in [0.5, 0.6) is 0 Å². The molecule has 0 amide bonds. The Labute approximate surface area is 75.8 Å². The number of hydrogen-bond donors (Lipinski definition) is 0. The normalized spacial score (nSPS) is 8.33. The van der Waals surface area contributed by atoms with Gasteiger partial charge in [0.25, 0.3) is 0 Å². The van der Waals surface area contributed by atoms with Crippen LogP contribution in [-0.4, -0.2) is 0 Å². The van der Waals surface area contributed by atoms with Gasteiger partial charge in [-0.05, 0) is 26.2 Å². The van der Waals surface area contributed by atoms with Gasteiger partial charge < -0.3 is 0 Å². The van der Waals surface area contributed by atoms with E-state index >= 15 is 0 Å². The lowest BCUT2D eigenvalue weighted by atomic mass is 10.1. The molecule has 12 heavy (non-hydrogen) atoms. The molecule has 0 bridgehead atoms. The zero-order valence-corrected chi connectivity index (χ0v) is 8.46. The van der Waals surface area contributed by atoms with Crippen molar-refractivity contribution in [1.29, 1.82) is 10.5 Å². The summed E-state index contributed by atoms with van der Waals surface area (Å²) in [6, 6.07) is 4.13. The van der Waals surface area contributed by atoms with Gasteiger partial charge in [0.05, 0.1) is 12.1 Å². The maximum atomic E-state index is 8.07. The van der Waals surface area contributed by atoms with E-state index in [0.717, 1.165) is 6.42 Å². The lowest BCUT2D eigenvalue weighted by molar-refractivity contribution is 0.598. The number of hydrogen-bond acceptors (Lipinski definition) is 2. The van der Waals surface area contributed by atoms with Crippen LogP contribution in [0.2, 0.25) is 0 Å². The molecule has 2 nitrogen and oxygen atoms in total. The van der Waals surface area contributed by atoms with E-state index < -0.39 is 0 Å². The fourth-order valence-electron chi connectivity index (χ4n) is 0.353. The van der Waals surface area contributed by atoms with Crippen LogP contribution in [0, 0.1) is 34.5 Å². The molecule has 0 saturated carbocycles. The first-order valence-electron chi connectivity index (χ1n) is 4.31. The van der Waals surface area contributed by atoms with E-state index in [1.54, 1.807) is 0 Å². The standard InChI is InChI=1S/C6H11N.C4H7N/c1-6(2)4-3-5-7;1-4(2)3-5/h6H,3-4H2,1-2H3;4H,1-2H3. The van der Waals surface area contributed by atoms with Crippen molar-refractivity contribution in [2.24, 2.45) is 11.8 Å². The topological polar surface area (TPSA) is 47.6 Å². The second kappa shape index (κ2) is 9.98. The van der Waals surface area contributed by atoms with E-state index in [4.69, 9.17) is 10.5 Å². The van der Waals surface area contributed by atoms with Crippen molar-refractivity contribution in [2.75, 3.05) is 0 Å². The fourth-order valence-corrected chi connectivity index (χ4v) is 0.353. The van der Waals surface area contributed by atoms with Gasteiger partial charge in [-0.15, -0.1) is 0 Å². The molecular weight excluding hydrogens is 148 g/mol. The molecule has 0 aromatic rings. The summed E-state index contributed by atoms with van der Waals surface area (Å²) in [5, 5.41) is 16.0. The van der Waals surface area contributed by atoms with Crippen molar-refractivity contribution < 1.29 is 0 Å². The summed E-state index contributed by atoms with van der Waals surface area (Å²) in [6.45, 7) is 7.97. The van der Waals surface area contributed by atoms with Crippen LogP contribution in [0.1, 0.15) is 40.5 Å². The second-order valence-electron chi connectivity index (χ2n) is 3.37. The molecule has 0 N–H and O–H groups in total. The molecule has 0 spiro atoms. The summed E-state index contributed by atoms with van der Waals surface area (Å²) >= 11 is 0. The fraction of sp³-hybridized carbons (Fsp3) is 0.800. The summed E-state index contributed by atoms with van der Waals surface area (Å²) in [7, 11) is 0. The van der Waals surface area contributed by atoms with Gasteiger partial charge in [0.15, 0.2) is 0 Å². The smallest absolute Gasteiger partial charge is 0.0649 e. The summed E-state index contributed by atoms with van der Waals surface area (Å²) in [6.07, 6.45) is 1.74. The first-order valence-corrected chi connectivity index (χ1v) is 4.31. The van der Waals surface area contributed by atoms with Crippen LogP contribution < -0.4 is 0 Å². The average molecular weight is 166 g/mol. The second-order valence-corrected chi connectivity index (χ2v) is 3.37. The molecule has 0 aromatic heterocycles. The average Bonchev–Trinajstić information content (AvgIpc) is 2.02. The minimum Gasteiger partial charge on any atom is -0.198 e. The van der Waals surface area contributed by atoms with Crippen LogP contribution in [-0.2, 0) is 0 Å². The van der Waals surface area contributed by atoms with E-state index in [9.17, 15) is 0 Å². The SMILES string of the molecule is CC(C)C#N.CC(C)CCC#N. The lowest BCUT2D eigenvalue weighted by Gasteiger charge is -1.94. The molecule has 68 valence electrons. The van der Waals surface area contributed by atoms with Crippen molar-refractivity contribution in [2.45, 2.75) is 40.5 Å². The largest absolute Gasteiger partial charge is 0.198 e. The Morgan fingerprint density at radius 3 is 1.58 bits per heavy atom. The lowest BCUT2D eigenvalue weighted by Crippen LogP contribution is -1.82. The maximum absolute atomic E-state index is 8.07. The van der Waals surface area contributed by atoms with Gasteiger partial charge in [0, 0.05) is 12.3 Å². The zero-order chi connectivity index (χ0) is 9.98. The van der Waals surface area contributed by atoms with E-state index in [1.165, 1.54) is 0 Å². The molecule has 0 aromatic carbocycles. The Morgan fingerprint density at radius 2 is 1.50 bits per heavy atom. The Morgan fingerprint density at radius 1 is 1.08 bits per heavy atom. The molecule has 0 radical (unpaired) electrons. The van der Waals surface area contributed by atoms with E-state index in [-0.39, 0.29) is 5.92 Å². The van der Waals surface area contributed by atoms with Crippen molar-refractivity contribution in [3.05, 3.63) is 0 Å². The first-order chi connectivity index (χ1) is 5.54. The predicted molar refractivity (Wildman–Crippen MR) is 50.1 cm³/mol. The van der Waals surface area contributed by atoms with Crippen LogP contribution in [0.25, 0.3) is 0 Å². The Kier molecular flexibility index (Phi) is 11.3. The Hall–Kier alpha value is -1.02. The van der Waals surface area contributed by atoms with E-state index in [1.807, 2.05) is 19.9 Å². The third-order valence-corrected chi connectivity index (χ3v) is 1.09. The monoisotopic (exact) mass is 166 g/mol. The molecule has 0 aliphatic heterocycles. The summed E-state index contributed by atoms with van der Waals surface area (Å²) < 4.78 is 0. The van der Waals surface area contributed by atoms with Gasteiger partial charge in [-0.2, -0.15) is 10.5 Å². The van der Waals surface area contributed by atoms with Gasteiger partial charge in [0.2, 0.25) is 0 Å². The molecule has 0 unspecified atom stereocenters.